The second-order valence-electron chi connectivity index (χ2n) is 5.59. The van der Waals surface area contributed by atoms with Crippen LogP contribution in [-0.2, 0) is 9.53 Å². The number of hydrogen-bond donors (Lipinski definition) is 2. The van der Waals surface area contributed by atoms with Gasteiger partial charge in [0.2, 0.25) is 0 Å². The summed E-state index contributed by atoms with van der Waals surface area (Å²) in [4.78, 5) is 12.0. The SMILES string of the molecule is CC(OCC1CCCCC1)C(=O)Nc1ccc(N)cc1. The van der Waals surface area contributed by atoms with E-state index in [0.29, 0.717) is 18.2 Å². The summed E-state index contributed by atoms with van der Waals surface area (Å²) in [6, 6.07) is 7.12. The summed E-state index contributed by atoms with van der Waals surface area (Å²) < 4.78 is 5.70. The molecule has 1 amide bonds. The van der Waals surface area contributed by atoms with E-state index in [1.807, 2.05) is 0 Å². The summed E-state index contributed by atoms with van der Waals surface area (Å²) in [6.45, 7) is 2.49. The number of hydrogen-bond acceptors (Lipinski definition) is 3. The maximum atomic E-state index is 12.0. The molecule has 1 aliphatic rings. The minimum absolute atomic E-state index is 0.106. The average Bonchev–Trinajstić information content (AvgIpc) is 2.48. The van der Waals surface area contributed by atoms with Crippen molar-refractivity contribution in [2.45, 2.75) is 45.1 Å². The van der Waals surface area contributed by atoms with E-state index < -0.39 is 6.10 Å². The van der Waals surface area contributed by atoms with Crippen LogP contribution in [0.1, 0.15) is 39.0 Å². The van der Waals surface area contributed by atoms with Crippen LogP contribution in [0.15, 0.2) is 24.3 Å². The fourth-order valence-electron chi connectivity index (χ4n) is 2.52. The Labute approximate surface area is 120 Å². The van der Waals surface area contributed by atoms with Crippen LogP contribution in [0.2, 0.25) is 0 Å². The second-order valence-corrected chi connectivity index (χ2v) is 5.59. The highest BCUT2D eigenvalue weighted by Crippen LogP contribution is 2.24. The summed E-state index contributed by atoms with van der Waals surface area (Å²) >= 11 is 0. The number of rotatable bonds is 5. The van der Waals surface area contributed by atoms with Crippen molar-refractivity contribution in [2.24, 2.45) is 5.92 Å². The molecule has 1 atom stereocenters. The lowest BCUT2D eigenvalue weighted by Gasteiger charge is -2.23. The Morgan fingerprint density at radius 1 is 1.30 bits per heavy atom. The molecule has 4 heteroatoms. The number of anilines is 2. The molecule has 1 fully saturated rings. The third-order valence-corrected chi connectivity index (χ3v) is 3.85. The van der Waals surface area contributed by atoms with Gasteiger partial charge in [-0.1, -0.05) is 19.3 Å². The van der Waals surface area contributed by atoms with Gasteiger partial charge in [0.1, 0.15) is 6.10 Å². The van der Waals surface area contributed by atoms with E-state index in [9.17, 15) is 4.79 Å². The quantitative estimate of drug-likeness (QED) is 0.812. The summed E-state index contributed by atoms with van der Waals surface area (Å²) in [6.07, 6.45) is 5.96. The molecule has 0 aromatic heterocycles. The van der Waals surface area contributed by atoms with Gasteiger partial charge in [-0.15, -0.1) is 0 Å². The van der Waals surface area contributed by atoms with Crippen LogP contribution in [0, 0.1) is 5.92 Å². The van der Waals surface area contributed by atoms with Crippen molar-refractivity contribution >= 4 is 17.3 Å². The Balaban J connectivity index is 1.75. The van der Waals surface area contributed by atoms with Crippen LogP contribution < -0.4 is 11.1 Å². The van der Waals surface area contributed by atoms with Crippen molar-refractivity contribution in [1.82, 2.24) is 0 Å². The Hall–Kier alpha value is -1.55. The Bertz CT molecular complexity index is 425. The summed E-state index contributed by atoms with van der Waals surface area (Å²) in [5.41, 5.74) is 7.04. The lowest BCUT2D eigenvalue weighted by Crippen LogP contribution is -2.29. The van der Waals surface area contributed by atoms with Gasteiger partial charge in [-0.3, -0.25) is 4.79 Å². The molecule has 1 aliphatic carbocycles. The normalized spacial score (nSPS) is 17.6. The molecule has 20 heavy (non-hydrogen) atoms. The number of nitrogens with one attached hydrogen (secondary N) is 1. The fourth-order valence-corrected chi connectivity index (χ4v) is 2.52. The van der Waals surface area contributed by atoms with Gasteiger partial charge in [0.05, 0.1) is 6.61 Å². The van der Waals surface area contributed by atoms with Crippen LogP contribution in [0.5, 0.6) is 0 Å². The molecule has 0 radical (unpaired) electrons. The zero-order chi connectivity index (χ0) is 14.4. The molecule has 2 rings (SSSR count). The standard InChI is InChI=1S/C16H24N2O2/c1-12(20-11-13-5-3-2-4-6-13)16(19)18-15-9-7-14(17)8-10-15/h7-10,12-13H,2-6,11,17H2,1H3,(H,18,19). The Morgan fingerprint density at radius 2 is 1.95 bits per heavy atom. The first-order chi connectivity index (χ1) is 9.65. The second kappa shape index (κ2) is 7.29. The number of benzene rings is 1. The molecular weight excluding hydrogens is 252 g/mol. The molecular formula is C16H24N2O2. The zero-order valence-electron chi connectivity index (χ0n) is 12.1. The van der Waals surface area contributed by atoms with E-state index >= 15 is 0 Å². The molecule has 1 aromatic rings. The van der Waals surface area contributed by atoms with E-state index in [2.05, 4.69) is 5.32 Å². The van der Waals surface area contributed by atoms with Gasteiger partial charge in [-0.05, 0) is 49.9 Å². The Kier molecular flexibility index (Phi) is 5.41. The molecule has 0 bridgehead atoms. The van der Waals surface area contributed by atoms with Crippen LogP contribution in [0.4, 0.5) is 11.4 Å². The summed E-state index contributed by atoms with van der Waals surface area (Å²) in [7, 11) is 0. The van der Waals surface area contributed by atoms with Crippen LogP contribution >= 0.6 is 0 Å². The minimum Gasteiger partial charge on any atom is -0.399 e. The number of amides is 1. The molecule has 0 saturated heterocycles. The van der Waals surface area contributed by atoms with Crippen LogP contribution in [0.25, 0.3) is 0 Å². The van der Waals surface area contributed by atoms with Crippen molar-refractivity contribution in [3.05, 3.63) is 24.3 Å². The van der Waals surface area contributed by atoms with Gasteiger partial charge in [-0.2, -0.15) is 0 Å². The first-order valence-corrected chi connectivity index (χ1v) is 7.43. The molecule has 4 nitrogen and oxygen atoms in total. The topological polar surface area (TPSA) is 64.3 Å². The lowest BCUT2D eigenvalue weighted by atomic mass is 9.90. The van der Waals surface area contributed by atoms with E-state index in [1.54, 1.807) is 31.2 Å². The molecule has 1 saturated carbocycles. The van der Waals surface area contributed by atoms with Crippen molar-refractivity contribution < 1.29 is 9.53 Å². The molecule has 0 aliphatic heterocycles. The van der Waals surface area contributed by atoms with Crippen LogP contribution in [-0.4, -0.2) is 18.6 Å². The molecule has 1 aromatic carbocycles. The largest absolute Gasteiger partial charge is 0.399 e. The van der Waals surface area contributed by atoms with Crippen molar-refractivity contribution in [2.75, 3.05) is 17.7 Å². The highest BCUT2D eigenvalue weighted by molar-refractivity contribution is 5.94. The zero-order valence-corrected chi connectivity index (χ0v) is 12.1. The van der Waals surface area contributed by atoms with Crippen molar-refractivity contribution in [3.63, 3.8) is 0 Å². The van der Waals surface area contributed by atoms with Gasteiger partial charge in [0.15, 0.2) is 0 Å². The van der Waals surface area contributed by atoms with Gasteiger partial charge in [0.25, 0.3) is 5.91 Å². The average molecular weight is 276 g/mol. The third-order valence-electron chi connectivity index (χ3n) is 3.85. The number of carbonyl (C=O) groups excluding carboxylic acids is 1. The van der Waals surface area contributed by atoms with Gasteiger partial charge < -0.3 is 15.8 Å². The van der Waals surface area contributed by atoms with Crippen molar-refractivity contribution in [3.8, 4) is 0 Å². The molecule has 0 spiro atoms. The number of nitrogens with two attached hydrogens (primary N) is 1. The number of carbonyl (C=O) groups is 1. The first-order valence-electron chi connectivity index (χ1n) is 7.43. The highest BCUT2D eigenvalue weighted by Gasteiger charge is 2.18. The smallest absolute Gasteiger partial charge is 0.253 e. The molecule has 3 N–H and O–H groups in total. The number of nitrogen functional groups attached to an aromatic ring is 1. The van der Waals surface area contributed by atoms with E-state index in [-0.39, 0.29) is 5.91 Å². The predicted molar refractivity (Wildman–Crippen MR) is 81.5 cm³/mol. The third kappa shape index (κ3) is 4.53. The summed E-state index contributed by atoms with van der Waals surface area (Å²) in [5, 5.41) is 2.84. The fraction of sp³-hybridized carbons (Fsp3) is 0.562. The van der Waals surface area contributed by atoms with E-state index in [4.69, 9.17) is 10.5 Å². The molecule has 110 valence electrons. The maximum Gasteiger partial charge on any atom is 0.253 e. The van der Waals surface area contributed by atoms with Gasteiger partial charge >= 0.3 is 0 Å². The molecule has 0 heterocycles. The van der Waals surface area contributed by atoms with Crippen molar-refractivity contribution in [1.29, 1.82) is 0 Å². The van der Waals surface area contributed by atoms with Gasteiger partial charge in [-0.25, -0.2) is 0 Å². The summed E-state index contributed by atoms with van der Waals surface area (Å²) in [5.74, 6) is 0.515. The predicted octanol–water partition coefficient (Wildman–Crippen LogP) is 3.19. The highest BCUT2D eigenvalue weighted by atomic mass is 16.5. The monoisotopic (exact) mass is 276 g/mol. The Morgan fingerprint density at radius 3 is 2.60 bits per heavy atom. The van der Waals surface area contributed by atoms with Crippen LogP contribution in [0.3, 0.4) is 0 Å². The van der Waals surface area contributed by atoms with E-state index in [1.165, 1.54) is 32.1 Å². The molecule has 1 unspecified atom stereocenters. The first kappa shape index (κ1) is 14.9. The van der Waals surface area contributed by atoms with E-state index in [0.717, 1.165) is 5.69 Å². The minimum atomic E-state index is -0.422. The number of ether oxygens (including phenoxy) is 1. The maximum absolute atomic E-state index is 12.0. The van der Waals surface area contributed by atoms with Gasteiger partial charge in [0, 0.05) is 11.4 Å². The lowest BCUT2D eigenvalue weighted by molar-refractivity contribution is -0.127.